The van der Waals surface area contributed by atoms with E-state index in [1.54, 1.807) is 33.3 Å². The first-order valence-corrected chi connectivity index (χ1v) is 5.54. The summed E-state index contributed by atoms with van der Waals surface area (Å²) in [6.07, 6.45) is -0.347. The van der Waals surface area contributed by atoms with Crippen molar-refractivity contribution in [1.29, 1.82) is 0 Å². The maximum atomic E-state index is 10.8. The number of nitrogens with one attached hydrogen (secondary N) is 1. The molecule has 0 aliphatic carbocycles. The molecule has 0 aliphatic heterocycles. The zero-order chi connectivity index (χ0) is 13.7. The highest BCUT2D eigenvalue weighted by Gasteiger charge is 2.14. The molecular formula is C12H18N2O4. The second-order valence-electron chi connectivity index (χ2n) is 3.99. The monoisotopic (exact) mass is 254 g/mol. The molecule has 18 heavy (non-hydrogen) atoms. The Hall–Kier alpha value is -1.66. The summed E-state index contributed by atoms with van der Waals surface area (Å²) < 4.78 is 10.1. The SMILES string of the molecule is COC(CNc1cc(C)c([N+](=O)[O-])cc1C)OC. The fourth-order valence-electron chi connectivity index (χ4n) is 1.64. The molecule has 100 valence electrons. The zero-order valence-electron chi connectivity index (χ0n) is 11.0. The van der Waals surface area contributed by atoms with Crippen molar-refractivity contribution in [1.82, 2.24) is 0 Å². The standard InChI is InChI=1S/C12H18N2O4/c1-8-6-11(14(15)16)9(2)5-10(8)13-7-12(17-3)18-4/h5-6,12-13H,7H2,1-4H3. The van der Waals surface area contributed by atoms with Gasteiger partial charge in [-0.15, -0.1) is 0 Å². The Morgan fingerprint density at radius 2 is 1.89 bits per heavy atom. The van der Waals surface area contributed by atoms with Crippen LogP contribution >= 0.6 is 0 Å². The van der Waals surface area contributed by atoms with E-state index in [2.05, 4.69) is 5.32 Å². The summed E-state index contributed by atoms with van der Waals surface area (Å²) in [5.41, 5.74) is 2.42. The molecule has 6 nitrogen and oxygen atoms in total. The van der Waals surface area contributed by atoms with Crippen LogP contribution in [0.15, 0.2) is 12.1 Å². The molecule has 0 amide bonds. The Kier molecular flexibility index (Phi) is 5.06. The predicted octanol–water partition coefficient (Wildman–Crippen LogP) is 2.24. The van der Waals surface area contributed by atoms with Gasteiger partial charge in [-0.2, -0.15) is 0 Å². The molecule has 1 rings (SSSR count). The lowest BCUT2D eigenvalue weighted by Gasteiger charge is -2.16. The number of anilines is 1. The molecule has 1 N–H and O–H groups in total. The highest BCUT2D eigenvalue weighted by Crippen LogP contribution is 2.25. The Bertz CT molecular complexity index is 430. The van der Waals surface area contributed by atoms with Crippen molar-refractivity contribution in [2.45, 2.75) is 20.1 Å². The van der Waals surface area contributed by atoms with Crippen molar-refractivity contribution in [3.05, 3.63) is 33.4 Å². The third kappa shape index (κ3) is 3.41. The van der Waals surface area contributed by atoms with E-state index in [4.69, 9.17) is 9.47 Å². The molecule has 0 unspecified atom stereocenters. The first kappa shape index (κ1) is 14.4. The number of rotatable bonds is 6. The van der Waals surface area contributed by atoms with Crippen LogP contribution in [-0.2, 0) is 9.47 Å². The van der Waals surface area contributed by atoms with Crippen molar-refractivity contribution in [3.8, 4) is 0 Å². The summed E-state index contributed by atoms with van der Waals surface area (Å²) in [7, 11) is 3.12. The van der Waals surface area contributed by atoms with Crippen LogP contribution < -0.4 is 5.32 Å². The first-order valence-electron chi connectivity index (χ1n) is 5.54. The first-order chi connectivity index (χ1) is 8.49. The van der Waals surface area contributed by atoms with Gasteiger partial charge in [-0.1, -0.05) is 0 Å². The highest BCUT2D eigenvalue weighted by atomic mass is 16.7. The van der Waals surface area contributed by atoms with Gasteiger partial charge in [-0.05, 0) is 25.5 Å². The topological polar surface area (TPSA) is 73.6 Å². The minimum absolute atomic E-state index is 0.132. The second-order valence-corrected chi connectivity index (χ2v) is 3.99. The van der Waals surface area contributed by atoms with Crippen LogP contribution in [0, 0.1) is 24.0 Å². The van der Waals surface area contributed by atoms with Crippen LogP contribution in [0.5, 0.6) is 0 Å². The van der Waals surface area contributed by atoms with Crippen LogP contribution in [0.1, 0.15) is 11.1 Å². The summed E-state index contributed by atoms with van der Waals surface area (Å²) in [6, 6.07) is 3.32. The molecule has 0 heterocycles. The molecule has 0 aliphatic rings. The molecule has 1 aromatic carbocycles. The van der Waals surface area contributed by atoms with Gasteiger partial charge < -0.3 is 14.8 Å². The molecule has 0 aromatic heterocycles. The summed E-state index contributed by atoms with van der Waals surface area (Å²) >= 11 is 0. The minimum Gasteiger partial charge on any atom is -0.380 e. The fourth-order valence-corrected chi connectivity index (χ4v) is 1.64. The number of hydrogen-bond donors (Lipinski definition) is 1. The van der Waals surface area contributed by atoms with Crippen LogP contribution in [0.25, 0.3) is 0 Å². The van der Waals surface area contributed by atoms with Gasteiger partial charge in [0.1, 0.15) is 0 Å². The highest BCUT2D eigenvalue weighted by molar-refractivity contribution is 5.59. The summed E-state index contributed by atoms with van der Waals surface area (Å²) in [5, 5.41) is 13.9. The van der Waals surface area contributed by atoms with E-state index in [0.717, 1.165) is 11.3 Å². The van der Waals surface area contributed by atoms with Gasteiger partial charge in [0.2, 0.25) is 0 Å². The molecule has 6 heteroatoms. The second kappa shape index (κ2) is 6.32. The number of aryl methyl sites for hydroxylation is 2. The molecular weight excluding hydrogens is 236 g/mol. The third-order valence-electron chi connectivity index (χ3n) is 2.72. The van der Waals surface area contributed by atoms with Crippen molar-refractivity contribution >= 4 is 11.4 Å². The Labute approximate surface area is 106 Å². The van der Waals surface area contributed by atoms with Crippen LogP contribution in [0.2, 0.25) is 0 Å². The molecule has 0 bridgehead atoms. The van der Waals surface area contributed by atoms with Gasteiger partial charge >= 0.3 is 0 Å². The Morgan fingerprint density at radius 1 is 1.28 bits per heavy atom. The van der Waals surface area contributed by atoms with E-state index in [1.165, 1.54) is 0 Å². The molecule has 0 spiro atoms. The van der Waals surface area contributed by atoms with Gasteiger partial charge in [0, 0.05) is 31.5 Å². The van der Waals surface area contributed by atoms with Crippen molar-refractivity contribution < 1.29 is 14.4 Å². The number of nitro benzene ring substituents is 1. The van der Waals surface area contributed by atoms with E-state index in [1.807, 2.05) is 6.92 Å². The average Bonchev–Trinajstić information content (AvgIpc) is 2.33. The smallest absolute Gasteiger partial charge is 0.272 e. The van der Waals surface area contributed by atoms with E-state index in [-0.39, 0.29) is 16.9 Å². The predicted molar refractivity (Wildman–Crippen MR) is 68.9 cm³/mol. The fraction of sp³-hybridized carbons (Fsp3) is 0.500. The normalized spacial score (nSPS) is 10.7. The minimum atomic E-state index is -0.376. The quantitative estimate of drug-likeness (QED) is 0.479. The number of hydrogen-bond acceptors (Lipinski definition) is 5. The molecule has 0 saturated heterocycles. The van der Waals surface area contributed by atoms with Gasteiger partial charge in [0.15, 0.2) is 6.29 Å². The third-order valence-corrected chi connectivity index (χ3v) is 2.72. The maximum absolute atomic E-state index is 10.8. The van der Waals surface area contributed by atoms with Crippen LogP contribution in [0.3, 0.4) is 0 Å². The number of methoxy groups -OCH3 is 2. The molecule has 0 atom stereocenters. The van der Waals surface area contributed by atoms with Gasteiger partial charge in [-0.3, -0.25) is 10.1 Å². The zero-order valence-corrected chi connectivity index (χ0v) is 11.0. The summed E-state index contributed by atoms with van der Waals surface area (Å²) in [4.78, 5) is 10.4. The van der Waals surface area contributed by atoms with Crippen molar-refractivity contribution in [2.24, 2.45) is 0 Å². The number of ether oxygens (including phenoxy) is 2. The maximum Gasteiger partial charge on any atom is 0.272 e. The molecule has 1 aromatic rings. The van der Waals surface area contributed by atoms with Crippen LogP contribution in [0.4, 0.5) is 11.4 Å². The van der Waals surface area contributed by atoms with Gasteiger partial charge in [0.05, 0.1) is 11.5 Å². The Balaban J connectivity index is 2.85. The lowest BCUT2D eigenvalue weighted by atomic mass is 10.1. The van der Waals surface area contributed by atoms with E-state index in [0.29, 0.717) is 12.1 Å². The van der Waals surface area contributed by atoms with E-state index >= 15 is 0 Å². The number of benzene rings is 1. The van der Waals surface area contributed by atoms with Gasteiger partial charge in [-0.25, -0.2) is 0 Å². The summed E-state index contributed by atoms with van der Waals surface area (Å²) in [6.45, 7) is 4.02. The van der Waals surface area contributed by atoms with E-state index in [9.17, 15) is 10.1 Å². The van der Waals surface area contributed by atoms with Gasteiger partial charge in [0.25, 0.3) is 5.69 Å². The number of nitrogens with zero attached hydrogens (tertiary/aromatic N) is 1. The van der Waals surface area contributed by atoms with E-state index < -0.39 is 0 Å². The average molecular weight is 254 g/mol. The summed E-state index contributed by atoms with van der Waals surface area (Å²) in [5.74, 6) is 0. The Morgan fingerprint density at radius 3 is 2.39 bits per heavy atom. The van der Waals surface area contributed by atoms with Crippen LogP contribution in [-0.4, -0.2) is 32.0 Å². The van der Waals surface area contributed by atoms with Crippen molar-refractivity contribution in [3.63, 3.8) is 0 Å². The van der Waals surface area contributed by atoms with Crippen molar-refractivity contribution in [2.75, 3.05) is 26.1 Å². The number of nitro groups is 1. The molecule has 0 radical (unpaired) electrons. The lowest BCUT2D eigenvalue weighted by molar-refractivity contribution is -0.385. The molecule has 0 saturated carbocycles. The lowest BCUT2D eigenvalue weighted by Crippen LogP contribution is -2.23. The molecule has 0 fully saturated rings. The largest absolute Gasteiger partial charge is 0.380 e.